The first-order valence-electron chi connectivity index (χ1n) is 9.49. The first-order chi connectivity index (χ1) is 13.4. The molecule has 0 spiro atoms. The van der Waals surface area contributed by atoms with Crippen molar-refractivity contribution in [1.82, 2.24) is 5.32 Å². The highest BCUT2D eigenvalue weighted by molar-refractivity contribution is 6.08. The molecular formula is C24H29NO4. The van der Waals surface area contributed by atoms with Crippen LogP contribution in [-0.2, 0) is 10.2 Å². The normalized spacial score (nSPS) is 12.7. The van der Waals surface area contributed by atoms with Crippen LogP contribution in [-0.4, -0.2) is 28.6 Å². The maximum atomic E-state index is 12.6. The zero-order valence-corrected chi connectivity index (χ0v) is 17.7. The molecule has 154 valence electrons. The Labute approximate surface area is 172 Å². The number of aliphatic hydroxyl groups is 1. The van der Waals surface area contributed by atoms with Gasteiger partial charge in [-0.2, -0.15) is 0 Å². The molecule has 0 aliphatic heterocycles. The van der Waals surface area contributed by atoms with Crippen LogP contribution in [0.4, 0.5) is 4.79 Å². The molecule has 1 atom stereocenters. The predicted octanol–water partition coefficient (Wildman–Crippen LogP) is 5.16. The van der Waals surface area contributed by atoms with E-state index in [4.69, 9.17) is 4.74 Å². The maximum Gasteiger partial charge on any atom is 0.408 e. The minimum Gasteiger partial charge on any atom is -0.511 e. The Bertz CT molecular complexity index is 877. The molecule has 0 aliphatic carbocycles. The lowest BCUT2D eigenvalue weighted by molar-refractivity contribution is 0.0478. The van der Waals surface area contributed by atoms with Gasteiger partial charge in [0.15, 0.2) is 5.78 Å². The number of benzene rings is 2. The van der Waals surface area contributed by atoms with Crippen molar-refractivity contribution in [2.45, 2.75) is 51.7 Å². The van der Waals surface area contributed by atoms with E-state index in [1.54, 1.807) is 45.0 Å². The lowest BCUT2D eigenvalue weighted by atomic mass is 9.76. The molecule has 0 saturated carbocycles. The van der Waals surface area contributed by atoms with Crippen LogP contribution in [0.3, 0.4) is 0 Å². The molecule has 2 rings (SSSR count). The second-order valence-electron chi connectivity index (χ2n) is 8.56. The number of amides is 1. The van der Waals surface area contributed by atoms with E-state index in [1.807, 2.05) is 44.2 Å². The first kappa shape index (κ1) is 22.2. The van der Waals surface area contributed by atoms with Crippen LogP contribution in [0.2, 0.25) is 0 Å². The average molecular weight is 395 g/mol. The van der Waals surface area contributed by atoms with Gasteiger partial charge in [-0.1, -0.05) is 75.0 Å². The van der Waals surface area contributed by atoms with Gasteiger partial charge in [-0.25, -0.2) is 4.79 Å². The summed E-state index contributed by atoms with van der Waals surface area (Å²) in [6, 6.07) is 15.4. The van der Waals surface area contributed by atoms with E-state index in [9.17, 15) is 14.7 Å². The Balaban J connectivity index is 2.24. The fourth-order valence-electron chi connectivity index (χ4n) is 3.08. The second kappa shape index (κ2) is 8.52. The molecule has 5 heteroatoms. The lowest BCUT2D eigenvalue weighted by Gasteiger charge is -2.35. The predicted molar refractivity (Wildman–Crippen MR) is 114 cm³/mol. The molecule has 1 amide bonds. The summed E-state index contributed by atoms with van der Waals surface area (Å²) in [7, 11) is 0. The standard InChI is InChI=1S/C24H29NO4/c1-16(26)21(25-22(28)29-23(2,3)4)24(5,6)19-14-12-18(13-15-19)20(27)17-10-8-7-9-11-17/h7-15,21,26H,1H2,2-6H3,(H,25,28)/t21-/m1/s1. The van der Waals surface area contributed by atoms with Crippen LogP contribution >= 0.6 is 0 Å². The van der Waals surface area contributed by atoms with Crippen LogP contribution < -0.4 is 5.32 Å². The average Bonchev–Trinajstić information content (AvgIpc) is 2.64. The van der Waals surface area contributed by atoms with Crippen molar-refractivity contribution in [1.29, 1.82) is 0 Å². The van der Waals surface area contributed by atoms with Crippen LogP contribution in [0, 0.1) is 0 Å². The molecule has 0 bridgehead atoms. The van der Waals surface area contributed by atoms with Crippen LogP contribution in [0.1, 0.15) is 56.1 Å². The summed E-state index contributed by atoms with van der Waals surface area (Å²) >= 11 is 0. The van der Waals surface area contributed by atoms with Gasteiger partial charge < -0.3 is 15.2 Å². The number of alkyl carbamates (subject to hydrolysis) is 1. The fourth-order valence-corrected chi connectivity index (χ4v) is 3.08. The number of carbonyl (C=O) groups is 2. The van der Waals surface area contributed by atoms with Gasteiger partial charge in [0.1, 0.15) is 11.4 Å². The second-order valence-corrected chi connectivity index (χ2v) is 8.56. The van der Waals surface area contributed by atoms with E-state index < -0.39 is 23.2 Å². The van der Waals surface area contributed by atoms with Gasteiger partial charge in [0, 0.05) is 16.5 Å². The third-order valence-corrected chi connectivity index (χ3v) is 4.64. The van der Waals surface area contributed by atoms with Crippen LogP contribution in [0.25, 0.3) is 0 Å². The number of carbonyl (C=O) groups excluding carboxylic acids is 2. The molecular weight excluding hydrogens is 366 g/mol. The van der Waals surface area contributed by atoms with Gasteiger partial charge in [-0.05, 0) is 26.3 Å². The molecule has 2 aromatic carbocycles. The van der Waals surface area contributed by atoms with Crippen molar-refractivity contribution in [3.63, 3.8) is 0 Å². The van der Waals surface area contributed by atoms with Crippen molar-refractivity contribution in [2.75, 3.05) is 0 Å². The van der Waals surface area contributed by atoms with Crippen molar-refractivity contribution in [3.8, 4) is 0 Å². The summed E-state index contributed by atoms with van der Waals surface area (Å²) in [5, 5.41) is 12.8. The van der Waals surface area contributed by atoms with E-state index in [0.29, 0.717) is 11.1 Å². The fraction of sp³-hybridized carbons (Fsp3) is 0.333. The van der Waals surface area contributed by atoms with Crippen molar-refractivity contribution >= 4 is 11.9 Å². The van der Waals surface area contributed by atoms with E-state index in [0.717, 1.165) is 5.56 Å². The smallest absolute Gasteiger partial charge is 0.408 e. The zero-order chi connectivity index (χ0) is 21.8. The zero-order valence-electron chi connectivity index (χ0n) is 17.7. The molecule has 2 N–H and O–H groups in total. The molecule has 0 unspecified atom stereocenters. The van der Waals surface area contributed by atoms with Gasteiger partial charge in [-0.15, -0.1) is 0 Å². The number of hydrogen-bond donors (Lipinski definition) is 2. The summed E-state index contributed by atoms with van der Waals surface area (Å²) < 4.78 is 5.30. The molecule has 5 nitrogen and oxygen atoms in total. The molecule has 0 radical (unpaired) electrons. The lowest BCUT2D eigenvalue weighted by Crippen LogP contribution is -2.49. The Morgan fingerprint density at radius 1 is 0.931 bits per heavy atom. The molecule has 0 heterocycles. The minimum atomic E-state index is -0.770. The molecule has 0 saturated heterocycles. The molecule has 0 aromatic heterocycles. The van der Waals surface area contributed by atoms with Crippen LogP contribution in [0.5, 0.6) is 0 Å². The van der Waals surface area contributed by atoms with Gasteiger partial charge in [0.25, 0.3) is 0 Å². The van der Waals surface area contributed by atoms with E-state index in [2.05, 4.69) is 11.9 Å². The largest absolute Gasteiger partial charge is 0.511 e. The van der Waals surface area contributed by atoms with E-state index >= 15 is 0 Å². The number of aliphatic hydroxyl groups excluding tert-OH is 1. The van der Waals surface area contributed by atoms with Gasteiger partial charge in [0.05, 0.1) is 6.04 Å². The van der Waals surface area contributed by atoms with Gasteiger partial charge in [0.2, 0.25) is 0 Å². The SMILES string of the molecule is C=C(O)[C@@H](NC(=O)OC(C)(C)C)C(C)(C)c1ccc(C(=O)c2ccccc2)cc1. The van der Waals surface area contributed by atoms with E-state index in [1.165, 1.54) is 0 Å². The van der Waals surface area contributed by atoms with Gasteiger partial charge >= 0.3 is 6.09 Å². The van der Waals surface area contributed by atoms with Gasteiger partial charge in [-0.3, -0.25) is 4.79 Å². The number of rotatable bonds is 6. The van der Waals surface area contributed by atoms with Crippen molar-refractivity contribution in [2.24, 2.45) is 0 Å². The summed E-state index contributed by atoms with van der Waals surface area (Å²) in [6.45, 7) is 12.7. The van der Waals surface area contributed by atoms with Crippen molar-refractivity contribution < 1.29 is 19.4 Å². The molecule has 29 heavy (non-hydrogen) atoms. The maximum absolute atomic E-state index is 12.6. The number of ketones is 1. The summed E-state index contributed by atoms with van der Waals surface area (Å²) in [4.78, 5) is 24.8. The van der Waals surface area contributed by atoms with E-state index in [-0.39, 0.29) is 11.5 Å². The summed E-state index contributed by atoms with van der Waals surface area (Å²) in [5.41, 5.74) is 0.660. The monoisotopic (exact) mass is 395 g/mol. The topological polar surface area (TPSA) is 75.6 Å². The third-order valence-electron chi connectivity index (χ3n) is 4.64. The Morgan fingerprint density at radius 2 is 1.45 bits per heavy atom. The summed E-state index contributed by atoms with van der Waals surface area (Å²) in [5.74, 6) is -0.241. The summed E-state index contributed by atoms with van der Waals surface area (Å²) in [6.07, 6.45) is -0.637. The molecule has 0 fully saturated rings. The quantitative estimate of drug-likeness (QED) is 0.523. The Morgan fingerprint density at radius 3 is 1.93 bits per heavy atom. The minimum absolute atomic E-state index is 0.0649. The Kier molecular flexibility index (Phi) is 6.52. The highest BCUT2D eigenvalue weighted by atomic mass is 16.6. The Hall–Kier alpha value is -3.08. The van der Waals surface area contributed by atoms with Crippen LogP contribution in [0.15, 0.2) is 66.9 Å². The number of ether oxygens (including phenoxy) is 1. The number of nitrogens with one attached hydrogen (secondary N) is 1. The molecule has 0 aliphatic rings. The molecule has 2 aromatic rings. The highest BCUT2D eigenvalue weighted by Crippen LogP contribution is 2.30. The highest BCUT2D eigenvalue weighted by Gasteiger charge is 2.36. The number of hydrogen-bond acceptors (Lipinski definition) is 4. The van der Waals surface area contributed by atoms with Crippen molar-refractivity contribution in [3.05, 3.63) is 83.6 Å². The third kappa shape index (κ3) is 5.70. The first-order valence-corrected chi connectivity index (χ1v) is 9.49.